The highest BCUT2D eigenvalue weighted by atomic mass is 79.9. The molecule has 6 heteroatoms. The van der Waals surface area contributed by atoms with Gasteiger partial charge in [-0.1, -0.05) is 54.1 Å². The molecule has 2 amide bonds. The van der Waals surface area contributed by atoms with E-state index in [0.717, 1.165) is 48.9 Å². The quantitative estimate of drug-likeness (QED) is 0.538. The minimum absolute atomic E-state index is 0.0275. The SMILES string of the molecule is CCN(CC)CCC[C@@]1(C(N)=O)[C@@H]2C=C[C@@H](C23CC3)[C@@]1(C(N)=O)c1ccc(Br)cc1. The largest absolute Gasteiger partial charge is 0.369 e. The molecule has 5 nitrogen and oxygen atoms in total. The third-order valence-electron chi connectivity index (χ3n) is 8.33. The number of primary amides is 2. The zero-order chi connectivity index (χ0) is 21.7. The van der Waals surface area contributed by atoms with E-state index in [1.807, 2.05) is 24.3 Å². The van der Waals surface area contributed by atoms with Gasteiger partial charge >= 0.3 is 0 Å². The van der Waals surface area contributed by atoms with E-state index in [-0.39, 0.29) is 23.2 Å². The molecular formula is C24H32BrN3O2. The number of carbonyl (C=O) groups excluding carboxylic acids is 2. The van der Waals surface area contributed by atoms with Crippen LogP contribution in [0, 0.1) is 22.7 Å². The highest BCUT2D eigenvalue weighted by Gasteiger charge is 2.82. The molecule has 1 aromatic rings. The van der Waals surface area contributed by atoms with Crippen LogP contribution in [0.3, 0.4) is 0 Å². The van der Waals surface area contributed by atoms with Crippen LogP contribution < -0.4 is 11.5 Å². The summed E-state index contributed by atoms with van der Waals surface area (Å²) in [5, 5.41) is 0. The fourth-order valence-electron chi connectivity index (χ4n) is 6.93. The van der Waals surface area contributed by atoms with Crippen LogP contribution in [0.2, 0.25) is 0 Å². The van der Waals surface area contributed by atoms with Crippen molar-refractivity contribution >= 4 is 27.7 Å². The minimum atomic E-state index is -1.10. The number of nitrogens with zero attached hydrogens (tertiary/aromatic N) is 1. The smallest absolute Gasteiger partial charge is 0.229 e. The number of amides is 2. The molecule has 0 radical (unpaired) electrons. The Labute approximate surface area is 187 Å². The lowest BCUT2D eigenvalue weighted by atomic mass is 9.52. The Kier molecular flexibility index (Phi) is 5.38. The molecule has 0 unspecified atom stereocenters. The Bertz CT molecular complexity index is 875. The highest BCUT2D eigenvalue weighted by molar-refractivity contribution is 9.10. The first-order chi connectivity index (χ1) is 14.3. The predicted molar refractivity (Wildman–Crippen MR) is 121 cm³/mol. The summed E-state index contributed by atoms with van der Waals surface area (Å²) in [6.07, 6.45) is 7.74. The van der Waals surface area contributed by atoms with Crippen LogP contribution in [0.1, 0.15) is 45.1 Å². The van der Waals surface area contributed by atoms with Crippen molar-refractivity contribution in [3.8, 4) is 0 Å². The van der Waals surface area contributed by atoms with Crippen molar-refractivity contribution in [2.75, 3.05) is 19.6 Å². The Balaban J connectivity index is 1.87. The van der Waals surface area contributed by atoms with E-state index < -0.39 is 16.7 Å². The van der Waals surface area contributed by atoms with Crippen LogP contribution >= 0.6 is 15.9 Å². The molecule has 162 valence electrons. The zero-order valence-electron chi connectivity index (χ0n) is 17.9. The molecule has 2 fully saturated rings. The van der Waals surface area contributed by atoms with Crippen LogP contribution in [0.5, 0.6) is 0 Å². The van der Waals surface area contributed by atoms with Gasteiger partial charge in [0, 0.05) is 10.4 Å². The van der Waals surface area contributed by atoms with Gasteiger partial charge in [-0.15, -0.1) is 0 Å². The first-order valence-electron chi connectivity index (χ1n) is 11.1. The molecule has 3 aliphatic rings. The Hall–Kier alpha value is -1.66. The summed E-state index contributed by atoms with van der Waals surface area (Å²) in [4.78, 5) is 29.1. The summed E-state index contributed by atoms with van der Waals surface area (Å²) in [6, 6.07) is 7.75. The Morgan fingerprint density at radius 2 is 1.63 bits per heavy atom. The molecule has 2 saturated carbocycles. The van der Waals surface area contributed by atoms with E-state index in [1.165, 1.54) is 0 Å². The molecule has 2 bridgehead atoms. The lowest BCUT2D eigenvalue weighted by Gasteiger charge is -2.48. The predicted octanol–water partition coefficient (Wildman–Crippen LogP) is 3.36. The van der Waals surface area contributed by atoms with Gasteiger partial charge < -0.3 is 16.4 Å². The summed E-state index contributed by atoms with van der Waals surface area (Å²) >= 11 is 3.49. The second-order valence-corrected chi connectivity index (χ2v) is 10.1. The number of halogens is 1. The van der Waals surface area contributed by atoms with Gasteiger partial charge in [0.15, 0.2) is 0 Å². The van der Waals surface area contributed by atoms with Crippen molar-refractivity contribution in [1.29, 1.82) is 0 Å². The molecule has 1 aromatic carbocycles. The van der Waals surface area contributed by atoms with Gasteiger partial charge in [0.25, 0.3) is 0 Å². The average Bonchev–Trinajstić information content (AvgIpc) is 3.39. The zero-order valence-corrected chi connectivity index (χ0v) is 19.5. The number of hydrogen-bond acceptors (Lipinski definition) is 3. The number of allylic oxidation sites excluding steroid dienone is 2. The monoisotopic (exact) mass is 473 g/mol. The average molecular weight is 474 g/mol. The van der Waals surface area contributed by atoms with Crippen LogP contribution in [-0.2, 0) is 15.0 Å². The van der Waals surface area contributed by atoms with Gasteiger partial charge in [-0.3, -0.25) is 9.59 Å². The van der Waals surface area contributed by atoms with E-state index in [4.69, 9.17) is 11.5 Å². The van der Waals surface area contributed by atoms with Crippen molar-refractivity contribution in [1.82, 2.24) is 4.90 Å². The standard InChI is InChI=1S/C24H32BrN3O2/c1-3-28(4-2)15-5-12-23(20(26)29)18-10-11-19(22(18)13-14-22)24(23,21(27)30)16-6-8-17(25)9-7-16/h6-11,18-19H,3-5,12-15H2,1-2H3,(H2,26,29)(H2,27,30)/t18-,19+,23+,24-/m1/s1. The Morgan fingerprint density at radius 3 is 2.13 bits per heavy atom. The van der Waals surface area contributed by atoms with E-state index in [2.05, 4.69) is 46.8 Å². The summed E-state index contributed by atoms with van der Waals surface area (Å²) < 4.78 is 0.928. The first-order valence-corrected chi connectivity index (χ1v) is 11.9. The fraction of sp³-hybridized carbons (Fsp3) is 0.583. The third kappa shape index (κ3) is 2.62. The molecule has 0 heterocycles. The van der Waals surface area contributed by atoms with Crippen molar-refractivity contribution in [2.24, 2.45) is 34.1 Å². The molecule has 4 N–H and O–H groups in total. The summed E-state index contributed by atoms with van der Waals surface area (Å²) in [5.74, 6) is -0.906. The molecule has 0 aromatic heterocycles. The van der Waals surface area contributed by atoms with Crippen LogP contribution in [0.4, 0.5) is 0 Å². The topological polar surface area (TPSA) is 89.4 Å². The van der Waals surface area contributed by atoms with E-state index in [0.29, 0.717) is 6.42 Å². The van der Waals surface area contributed by atoms with Gasteiger partial charge in [-0.05, 0) is 74.3 Å². The number of hydrogen-bond donors (Lipinski definition) is 2. The van der Waals surface area contributed by atoms with Crippen molar-refractivity contribution < 1.29 is 9.59 Å². The molecule has 0 aliphatic heterocycles. The lowest BCUT2D eigenvalue weighted by molar-refractivity contribution is -0.144. The lowest BCUT2D eigenvalue weighted by Crippen LogP contribution is -2.62. The summed E-state index contributed by atoms with van der Waals surface area (Å²) in [5.41, 5.74) is 11.1. The Morgan fingerprint density at radius 1 is 1.03 bits per heavy atom. The van der Waals surface area contributed by atoms with Crippen molar-refractivity contribution in [3.63, 3.8) is 0 Å². The highest BCUT2D eigenvalue weighted by Crippen LogP contribution is 2.80. The maximum Gasteiger partial charge on any atom is 0.229 e. The van der Waals surface area contributed by atoms with E-state index in [1.54, 1.807) is 0 Å². The van der Waals surface area contributed by atoms with E-state index in [9.17, 15) is 9.59 Å². The normalized spacial score (nSPS) is 32.8. The van der Waals surface area contributed by atoms with Gasteiger partial charge in [0.1, 0.15) is 0 Å². The maximum atomic E-state index is 13.4. The van der Waals surface area contributed by atoms with Gasteiger partial charge in [-0.25, -0.2) is 0 Å². The summed E-state index contributed by atoms with van der Waals surface area (Å²) in [6.45, 7) is 7.09. The first kappa shape index (κ1) is 21.6. The molecule has 30 heavy (non-hydrogen) atoms. The number of rotatable bonds is 9. The van der Waals surface area contributed by atoms with Gasteiger partial charge in [0.05, 0.1) is 10.8 Å². The van der Waals surface area contributed by atoms with Gasteiger partial charge in [0.2, 0.25) is 11.8 Å². The van der Waals surface area contributed by atoms with Crippen molar-refractivity contribution in [3.05, 3.63) is 46.5 Å². The summed E-state index contributed by atoms with van der Waals surface area (Å²) in [7, 11) is 0. The van der Waals surface area contributed by atoms with E-state index >= 15 is 0 Å². The molecular weight excluding hydrogens is 442 g/mol. The minimum Gasteiger partial charge on any atom is -0.369 e. The number of benzene rings is 1. The fourth-order valence-corrected chi connectivity index (χ4v) is 7.19. The molecule has 4 atom stereocenters. The molecule has 1 spiro atoms. The number of carbonyl (C=O) groups is 2. The third-order valence-corrected chi connectivity index (χ3v) is 8.86. The van der Waals surface area contributed by atoms with Crippen LogP contribution in [-0.4, -0.2) is 36.3 Å². The second kappa shape index (κ2) is 7.49. The maximum absolute atomic E-state index is 13.4. The number of nitrogens with two attached hydrogens (primary N) is 2. The van der Waals surface area contributed by atoms with Gasteiger partial charge in [-0.2, -0.15) is 0 Å². The van der Waals surface area contributed by atoms with Crippen LogP contribution in [0.25, 0.3) is 0 Å². The molecule has 0 saturated heterocycles. The molecule has 3 aliphatic carbocycles. The second-order valence-electron chi connectivity index (χ2n) is 9.22. The van der Waals surface area contributed by atoms with Crippen molar-refractivity contribution in [2.45, 2.75) is 44.9 Å². The van der Waals surface area contributed by atoms with Crippen LogP contribution in [0.15, 0.2) is 40.9 Å². The molecule has 4 rings (SSSR count).